The van der Waals surface area contributed by atoms with Crippen LogP contribution in [0.5, 0.6) is 0 Å². The Labute approximate surface area is 111 Å². The van der Waals surface area contributed by atoms with Crippen molar-refractivity contribution < 1.29 is 17.9 Å². The van der Waals surface area contributed by atoms with Gasteiger partial charge in [0.2, 0.25) is 0 Å². The third-order valence-corrected chi connectivity index (χ3v) is 3.57. The third kappa shape index (κ3) is 4.21. The van der Waals surface area contributed by atoms with Gasteiger partial charge in [-0.3, -0.25) is 4.72 Å². The molecule has 1 aromatic carbocycles. The third-order valence-electron chi connectivity index (χ3n) is 2.42. The van der Waals surface area contributed by atoms with Gasteiger partial charge in [-0.25, -0.2) is 4.39 Å². The Balaban J connectivity index is 2.11. The Morgan fingerprint density at radius 3 is 2.74 bits per heavy atom. The molecule has 5 nitrogen and oxygen atoms in total. The van der Waals surface area contributed by atoms with Crippen molar-refractivity contribution in [3.8, 4) is 11.8 Å². The van der Waals surface area contributed by atoms with Gasteiger partial charge < -0.3 is 5.11 Å². The maximum atomic E-state index is 13.6. The summed E-state index contributed by atoms with van der Waals surface area (Å²) in [5.41, 5.74) is 0.229. The van der Waals surface area contributed by atoms with E-state index in [0.29, 0.717) is 0 Å². The minimum atomic E-state index is -3.66. The minimum absolute atomic E-state index is 0.0166. The predicted molar refractivity (Wildman–Crippen MR) is 69.1 cm³/mol. The minimum Gasteiger partial charge on any atom is -0.384 e. The standard InChI is InChI=1S/C12H13FN2O3S/c13-12-8-11(4-3-9(12)2-1-7-16)15-19(17,18)14-10-5-6-10/h3-4,8,10,14-16H,5-7H2. The van der Waals surface area contributed by atoms with Crippen LogP contribution in [0.3, 0.4) is 0 Å². The zero-order chi connectivity index (χ0) is 13.9. The molecule has 3 N–H and O–H groups in total. The van der Waals surface area contributed by atoms with E-state index in [1.165, 1.54) is 12.1 Å². The van der Waals surface area contributed by atoms with Gasteiger partial charge in [-0.2, -0.15) is 13.1 Å². The molecule has 0 bridgehead atoms. The molecule has 0 amide bonds. The molecule has 0 spiro atoms. The molecule has 1 fully saturated rings. The summed E-state index contributed by atoms with van der Waals surface area (Å²) in [6, 6.07) is 3.80. The van der Waals surface area contributed by atoms with Crippen LogP contribution in [0.15, 0.2) is 18.2 Å². The van der Waals surface area contributed by atoms with Gasteiger partial charge in [0, 0.05) is 6.04 Å². The maximum Gasteiger partial charge on any atom is 0.299 e. The Morgan fingerprint density at radius 2 is 2.16 bits per heavy atom. The van der Waals surface area contributed by atoms with E-state index in [1.807, 2.05) is 0 Å². The molecule has 102 valence electrons. The highest BCUT2D eigenvalue weighted by Gasteiger charge is 2.26. The van der Waals surface area contributed by atoms with Crippen molar-refractivity contribution in [3.63, 3.8) is 0 Å². The van der Waals surface area contributed by atoms with Gasteiger partial charge in [-0.1, -0.05) is 11.8 Å². The van der Waals surface area contributed by atoms with Crippen molar-refractivity contribution in [2.75, 3.05) is 11.3 Å². The van der Waals surface area contributed by atoms with Gasteiger partial charge in [0.05, 0.1) is 11.3 Å². The van der Waals surface area contributed by atoms with Crippen LogP contribution in [0.1, 0.15) is 18.4 Å². The lowest BCUT2D eigenvalue weighted by Crippen LogP contribution is -2.31. The summed E-state index contributed by atoms with van der Waals surface area (Å²) in [6.45, 7) is -0.362. The first-order valence-electron chi connectivity index (χ1n) is 5.69. The SMILES string of the molecule is O=S(=O)(Nc1ccc(C#CCO)c(F)c1)NC1CC1. The summed E-state index contributed by atoms with van der Waals surface area (Å²) in [5.74, 6) is 4.10. The number of nitrogens with one attached hydrogen (secondary N) is 2. The molecule has 0 aromatic heterocycles. The Morgan fingerprint density at radius 1 is 1.42 bits per heavy atom. The number of anilines is 1. The van der Waals surface area contributed by atoms with Gasteiger partial charge >= 0.3 is 0 Å². The highest BCUT2D eigenvalue weighted by molar-refractivity contribution is 7.90. The van der Waals surface area contributed by atoms with Crippen LogP contribution in [0, 0.1) is 17.7 Å². The first-order chi connectivity index (χ1) is 9.00. The highest BCUT2D eigenvalue weighted by atomic mass is 32.2. The summed E-state index contributed by atoms with van der Waals surface area (Å²) in [7, 11) is -3.66. The molecule has 19 heavy (non-hydrogen) atoms. The lowest BCUT2D eigenvalue weighted by molar-refractivity contribution is 0.350. The van der Waals surface area contributed by atoms with E-state index < -0.39 is 16.0 Å². The zero-order valence-electron chi connectivity index (χ0n) is 9.98. The summed E-state index contributed by atoms with van der Waals surface area (Å²) < 4.78 is 41.5. The number of benzene rings is 1. The molecule has 1 saturated carbocycles. The summed E-state index contributed by atoms with van der Waals surface area (Å²) >= 11 is 0. The van der Waals surface area contributed by atoms with Crippen molar-refractivity contribution >= 4 is 15.9 Å². The second-order valence-electron chi connectivity index (χ2n) is 4.15. The summed E-state index contributed by atoms with van der Waals surface area (Å²) in [4.78, 5) is 0. The van der Waals surface area contributed by atoms with E-state index in [9.17, 15) is 12.8 Å². The molecule has 0 heterocycles. The zero-order valence-corrected chi connectivity index (χ0v) is 10.8. The maximum absolute atomic E-state index is 13.6. The van der Waals surface area contributed by atoms with Crippen LogP contribution in [-0.4, -0.2) is 26.2 Å². The number of aliphatic hydroxyl groups excluding tert-OH is 1. The fourth-order valence-electron chi connectivity index (χ4n) is 1.42. The number of aliphatic hydroxyl groups is 1. The monoisotopic (exact) mass is 284 g/mol. The fraction of sp³-hybridized carbons (Fsp3) is 0.333. The lowest BCUT2D eigenvalue weighted by atomic mass is 10.2. The molecule has 0 aliphatic heterocycles. The van der Waals surface area contributed by atoms with Gasteiger partial charge in [-0.05, 0) is 31.0 Å². The van der Waals surface area contributed by atoms with Crippen LogP contribution < -0.4 is 9.44 Å². The van der Waals surface area contributed by atoms with E-state index in [2.05, 4.69) is 21.3 Å². The Kier molecular flexibility index (Phi) is 4.04. The molecule has 0 saturated heterocycles. The van der Waals surface area contributed by atoms with Crippen molar-refractivity contribution in [2.45, 2.75) is 18.9 Å². The van der Waals surface area contributed by atoms with E-state index in [-0.39, 0.29) is 23.9 Å². The number of halogens is 1. The molecule has 1 aromatic rings. The quantitative estimate of drug-likeness (QED) is 0.708. The molecule has 2 rings (SSSR count). The van der Waals surface area contributed by atoms with Gasteiger partial charge in [0.1, 0.15) is 12.4 Å². The molecule has 7 heteroatoms. The molecule has 0 atom stereocenters. The first-order valence-corrected chi connectivity index (χ1v) is 7.18. The predicted octanol–water partition coefficient (Wildman–Crippen LogP) is 0.578. The normalized spacial score (nSPS) is 14.6. The second kappa shape index (κ2) is 5.57. The van der Waals surface area contributed by atoms with Gasteiger partial charge in [0.15, 0.2) is 0 Å². The topological polar surface area (TPSA) is 78.4 Å². The molecule has 1 aliphatic rings. The molecule has 1 aliphatic carbocycles. The van der Waals surface area contributed by atoms with Crippen molar-refractivity contribution in [2.24, 2.45) is 0 Å². The smallest absolute Gasteiger partial charge is 0.299 e. The average molecular weight is 284 g/mol. The summed E-state index contributed by atoms with van der Waals surface area (Å²) in [6.07, 6.45) is 1.65. The second-order valence-corrected chi connectivity index (χ2v) is 5.60. The highest BCUT2D eigenvalue weighted by Crippen LogP contribution is 2.21. The summed E-state index contributed by atoms with van der Waals surface area (Å²) in [5, 5.41) is 8.52. The van der Waals surface area contributed by atoms with E-state index >= 15 is 0 Å². The van der Waals surface area contributed by atoms with Crippen LogP contribution in [0.2, 0.25) is 0 Å². The van der Waals surface area contributed by atoms with Crippen LogP contribution in [0.4, 0.5) is 10.1 Å². The fourth-order valence-corrected chi connectivity index (χ4v) is 2.59. The van der Waals surface area contributed by atoms with Crippen LogP contribution >= 0.6 is 0 Å². The molecular formula is C12H13FN2O3S. The van der Waals surface area contributed by atoms with Crippen molar-refractivity contribution in [3.05, 3.63) is 29.6 Å². The van der Waals surface area contributed by atoms with Gasteiger partial charge in [-0.15, -0.1) is 0 Å². The van der Waals surface area contributed by atoms with Crippen LogP contribution in [0.25, 0.3) is 0 Å². The van der Waals surface area contributed by atoms with E-state index in [4.69, 9.17) is 5.11 Å². The van der Waals surface area contributed by atoms with Gasteiger partial charge in [0.25, 0.3) is 10.2 Å². The largest absolute Gasteiger partial charge is 0.384 e. The van der Waals surface area contributed by atoms with Crippen molar-refractivity contribution in [1.29, 1.82) is 0 Å². The Bertz CT molecular complexity index is 630. The number of hydrogen-bond acceptors (Lipinski definition) is 3. The first kappa shape index (κ1) is 13.8. The molecule has 0 unspecified atom stereocenters. The van der Waals surface area contributed by atoms with Crippen molar-refractivity contribution in [1.82, 2.24) is 4.72 Å². The molecule has 0 radical (unpaired) electrons. The average Bonchev–Trinajstić information content (AvgIpc) is 3.10. The number of rotatable bonds is 4. The van der Waals surface area contributed by atoms with E-state index in [0.717, 1.165) is 18.9 Å². The number of hydrogen-bond donors (Lipinski definition) is 3. The van der Waals surface area contributed by atoms with E-state index in [1.54, 1.807) is 0 Å². The Hall–Kier alpha value is -1.62. The van der Waals surface area contributed by atoms with Crippen LogP contribution in [-0.2, 0) is 10.2 Å². The lowest BCUT2D eigenvalue weighted by Gasteiger charge is -2.08. The molecular weight excluding hydrogens is 271 g/mol.